The van der Waals surface area contributed by atoms with Gasteiger partial charge in [0.25, 0.3) is 16.0 Å². The maximum absolute atomic E-state index is 13.1. The van der Waals surface area contributed by atoms with E-state index in [0.717, 1.165) is 12.1 Å². The van der Waals surface area contributed by atoms with E-state index in [1.54, 1.807) is 18.2 Å². The highest BCUT2D eigenvalue weighted by Gasteiger charge is 2.12. The zero-order valence-corrected chi connectivity index (χ0v) is 14.1. The van der Waals surface area contributed by atoms with Crippen molar-refractivity contribution in [2.45, 2.75) is 11.4 Å². The van der Waals surface area contributed by atoms with E-state index >= 15 is 0 Å². The maximum atomic E-state index is 13.1. The normalized spacial score (nSPS) is 11.5. The molecule has 0 saturated carbocycles. The Balaban J connectivity index is 2.00. The highest BCUT2D eigenvalue weighted by molar-refractivity contribution is 7.85. The zero-order chi connectivity index (χ0) is 19.2. The fourth-order valence-corrected chi connectivity index (χ4v) is 2.46. The van der Waals surface area contributed by atoms with E-state index < -0.39 is 16.0 Å². The summed E-state index contributed by atoms with van der Waals surface area (Å²) in [5.41, 5.74) is 0.661. The Hall–Kier alpha value is -3.22. The van der Waals surface area contributed by atoms with Crippen LogP contribution in [-0.4, -0.2) is 18.9 Å². The molecular weight excluding hydrogens is 361 g/mol. The lowest BCUT2D eigenvalue weighted by Crippen LogP contribution is -2.16. The summed E-state index contributed by atoms with van der Waals surface area (Å²) in [6, 6.07) is 12.4. The summed E-state index contributed by atoms with van der Waals surface area (Å²) in [6.07, 6.45) is 1.20. The number of anilines is 1. The van der Waals surface area contributed by atoms with Gasteiger partial charge in [0.1, 0.15) is 17.5 Å². The summed E-state index contributed by atoms with van der Waals surface area (Å²) in [6.45, 7) is 0.222. The molecule has 0 fully saturated rings. The molecule has 0 unspecified atom stereocenters. The lowest BCUT2D eigenvalue weighted by molar-refractivity contribution is -0.112. The van der Waals surface area contributed by atoms with Crippen molar-refractivity contribution in [3.63, 3.8) is 0 Å². The van der Waals surface area contributed by atoms with Gasteiger partial charge in [-0.1, -0.05) is 12.1 Å². The molecule has 2 aromatic carbocycles. The van der Waals surface area contributed by atoms with Gasteiger partial charge in [-0.3, -0.25) is 9.35 Å². The van der Waals surface area contributed by atoms with Crippen molar-refractivity contribution in [3.05, 3.63) is 71.7 Å². The third-order valence-corrected chi connectivity index (χ3v) is 4.08. The molecule has 0 spiro atoms. The molecule has 134 valence electrons. The summed E-state index contributed by atoms with van der Waals surface area (Å²) < 4.78 is 43.9. The molecule has 2 aromatic rings. The molecule has 0 heterocycles. The van der Waals surface area contributed by atoms with E-state index in [1.807, 2.05) is 0 Å². The fraction of sp³-hybridized carbons (Fsp3) is 0.0588. The summed E-state index contributed by atoms with van der Waals surface area (Å²) in [5, 5.41) is 14.2. The number of carbonyl (C=O) groups is 1. The van der Waals surface area contributed by atoms with Gasteiger partial charge in [-0.15, -0.1) is 0 Å². The standard InChI is InChI=1S/C17H14FN3O4S/c18-14-3-1-2-12(8-14)10-20-11-13(9-19)17(22)21-15-4-6-16(7-5-15)26(23,24)25/h1-8,11,20H,10H2,(H,21,22)(H,23,24,25)/b13-11-. The van der Waals surface area contributed by atoms with Gasteiger partial charge >= 0.3 is 0 Å². The molecule has 0 bridgehead atoms. The van der Waals surface area contributed by atoms with E-state index in [9.17, 15) is 17.6 Å². The summed E-state index contributed by atoms with van der Waals surface area (Å²) in [5.74, 6) is -1.10. The second kappa shape index (κ2) is 8.24. The molecule has 0 aliphatic heterocycles. The lowest BCUT2D eigenvalue weighted by atomic mass is 10.2. The van der Waals surface area contributed by atoms with Crippen molar-refractivity contribution in [2.24, 2.45) is 0 Å². The first-order valence-corrected chi connectivity index (χ1v) is 8.70. The predicted molar refractivity (Wildman–Crippen MR) is 91.8 cm³/mol. The largest absolute Gasteiger partial charge is 0.386 e. The Morgan fingerprint density at radius 2 is 1.92 bits per heavy atom. The zero-order valence-electron chi connectivity index (χ0n) is 13.3. The molecule has 1 amide bonds. The van der Waals surface area contributed by atoms with Gasteiger partial charge in [-0.25, -0.2) is 4.39 Å². The molecule has 2 rings (SSSR count). The number of nitrogens with zero attached hydrogens (tertiary/aromatic N) is 1. The van der Waals surface area contributed by atoms with Crippen LogP contribution in [0.15, 0.2) is 65.2 Å². The molecule has 0 aliphatic rings. The summed E-state index contributed by atoms with van der Waals surface area (Å²) in [7, 11) is -4.32. The summed E-state index contributed by atoms with van der Waals surface area (Å²) >= 11 is 0. The molecular formula is C17H14FN3O4S. The van der Waals surface area contributed by atoms with Crippen LogP contribution >= 0.6 is 0 Å². The first kappa shape index (κ1) is 19.1. The third kappa shape index (κ3) is 5.41. The number of amides is 1. The van der Waals surface area contributed by atoms with Gasteiger partial charge < -0.3 is 10.6 Å². The molecule has 0 aromatic heterocycles. The first-order chi connectivity index (χ1) is 12.3. The van der Waals surface area contributed by atoms with Gasteiger partial charge in [0, 0.05) is 18.4 Å². The van der Waals surface area contributed by atoms with Crippen LogP contribution in [0.2, 0.25) is 0 Å². The lowest BCUT2D eigenvalue weighted by Gasteiger charge is -2.06. The monoisotopic (exact) mass is 375 g/mol. The smallest absolute Gasteiger partial charge is 0.294 e. The number of hydrogen-bond donors (Lipinski definition) is 3. The van der Waals surface area contributed by atoms with E-state index in [2.05, 4.69) is 10.6 Å². The average Bonchev–Trinajstić information content (AvgIpc) is 2.58. The van der Waals surface area contributed by atoms with Gasteiger partial charge in [0.05, 0.1) is 4.90 Å². The number of halogens is 1. The number of nitriles is 1. The number of carbonyl (C=O) groups excluding carboxylic acids is 1. The van der Waals surface area contributed by atoms with Gasteiger partial charge in [-0.05, 0) is 42.0 Å². The SMILES string of the molecule is N#C/C(=C/NCc1cccc(F)c1)C(=O)Nc1ccc(S(=O)(=O)O)cc1. The second-order valence-electron chi connectivity index (χ2n) is 5.13. The quantitative estimate of drug-likeness (QED) is 0.405. The number of nitrogens with one attached hydrogen (secondary N) is 2. The minimum absolute atomic E-state index is 0.222. The molecule has 0 aliphatic carbocycles. The Labute approximate surface area is 149 Å². The van der Waals surface area contributed by atoms with Crippen LogP contribution in [0.3, 0.4) is 0 Å². The van der Waals surface area contributed by atoms with Crippen molar-refractivity contribution >= 4 is 21.7 Å². The van der Waals surface area contributed by atoms with Gasteiger partial charge in [0.2, 0.25) is 0 Å². The molecule has 7 nitrogen and oxygen atoms in total. The average molecular weight is 375 g/mol. The topological polar surface area (TPSA) is 119 Å². The molecule has 0 saturated heterocycles. The van der Waals surface area contributed by atoms with E-state index in [0.29, 0.717) is 5.56 Å². The highest BCUT2D eigenvalue weighted by atomic mass is 32.2. The Kier molecular flexibility index (Phi) is 6.06. The van der Waals surface area contributed by atoms with Crippen LogP contribution in [0.1, 0.15) is 5.56 Å². The molecule has 3 N–H and O–H groups in total. The minimum Gasteiger partial charge on any atom is -0.386 e. The Morgan fingerprint density at radius 3 is 2.50 bits per heavy atom. The molecule has 0 atom stereocenters. The molecule has 26 heavy (non-hydrogen) atoms. The number of benzene rings is 2. The number of hydrogen-bond acceptors (Lipinski definition) is 5. The van der Waals surface area contributed by atoms with Crippen LogP contribution in [-0.2, 0) is 21.5 Å². The van der Waals surface area contributed by atoms with Crippen molar-refractivity contribution in [3.8, 4) is 6.07 Å². The van der Waals surface area contributed by atoms with Crippen molar-refractivity contribution in [1.82, 2.24) is 5.32 Å². The van der Waals surface area contributed by atoms with Crippen molar-refractivity contribution < 1.29 is 22.2 Å². The van der Waals surface area contributed by atoms with Gasteiger partial charge in [0.15, 0.2) is 0 Å². The second-order valence-corrected chi connectivity index (χ2v) is 6.56. The molecule has 9 heteroatoms. The highest BCUT2D eigenvalue weighted by Crippen LogP contribution is 2.14. The van der Waals surface area contributed by atoms with E-state index in [-0.39, 0.29) is 28.5 Å². The van der Waals surface area contributed by atoms with Crippen molar-refractivity contribution in [2.75, 3.05) is 5.32 Å². The number of rotatable bonds is 6. The summed E-state index contributed by atoms with van der Waals surface area (Å²) in [4.78, 5) is 11.7. The van der Waals surface area contributed by atoms with Crippen LogP contribution < -0.4 is 10.6 Å². The van der Waals surface area contributed by atoms with Crippen LogP contribution in [0.4, 0.5) is 10.1 Å². The fourth-order valence-electron chi connectivity index (χ4n) is 1.98. The van der Waals surface area contributed by atoms with Gasteiger partial charge in [-0.2, -0.15) is 13.7 Å². The Morgan fingerprint density at radius 1 is 1.23 bits per heavy atom. The van der Waals surface area contributed by atoms with E-state index in [1.165, 1.54) is 30.5 Å². The van der Waals surface area contributed by atoms with E-state index in [4.69, 9.17) is 9.81 Å². The van der Waals surface area contributed by atoms with Crippen LogP contribution in [0.5, 0.6) is 0 Å². The third-order valence-electron chi connectivity index (χ3n) is 3.22. The maximum Gasteiger partial charge on any atom is 0.294 e. The predicted octanol–water partition coefficient (Wildman–Crippen LogP) is 2.21. The van der Waals surface area contributed by atoms with Crippen LogP contribution in [0, 0.1) is 17.1 Å². The van der Waals surface area contributed by atoms with Crippen molar-refractivity contribution in [1.29, 1.82) is 5.26 Å². The molecule has 0 radical (unpaired) electrons. The Bertz CT molecular complexity index is 980. The van der Waals surface area contributed by atoms with Crippen LogP contribution in [0.25, 0.3) is 0 Å². The minimum atomic E-state index is -4.32. The first-order valence-electron chi connectivity index (χ1n) is 7.26.